The molecule has 0 aliphatic heterocycles. The molecule has 3 unspecified atom stereocenters. The Morgan fingerprint density at radius 3 is 2.20 bits per heavy atom. The van der Waals surface area contributed by atoms with Gasteiger partial charge in [0.2, 0.25) is 0 Å². The van der Waals surface area contributed by atoms with Crippen LogP contribution in [0.25, 0.3) is 0 Å². The van der Waals surface area contributed by atoms with Crippen LogP contribution in [0.4, 0.5) is 0 Å². The summed E-state index contributed by atoms with van der Waals surface area (Å²) in [7, 11) is 0. The minimum atomic E-state index is -1.50. The second kappa shape index (κ2) is 1.95. The van der Waals surface area contributed by atoms with Crippen molar-refractivity contribution in [3.63, 3.8) is 0 Å². The fourth-order valence-corrected chi connectivity index (χ4v) is 1.26. The van der Waals surface area contributed by atoms with Gasteiger partial charge in [-0.15, -0.1) is 0 Å². The van der Waals surface area contributed by atoms with Gasteiger partial charge in [-0.05, 0) is 19.3 Å². The minimum Gasteiger partial charge on any atom is -0.479 e. The third kappa shape index (κ3) is 1.01. The Morgan fingerprint density at radius 2 is 2.10 bits per heavy atom. The highest BCUT2D eigenvalue weighted by atomic mass is 16.4. The zero-order valence-corrected chi connectivity index (χ0v) is 6.16. The van der Waals surface area contributed by atoms with Gasteiger partial charge in [0.1, 0.15) is 0 Å². The Bertz CT molecular complexity index is 162. The quantitative estimate of drug-likeness (QED) is 0.592. The van der Waals surface area contributed by atoms with E-state index in [0.29, 0.717) is 5.92 Å². The summed E-state index contributed by atoms with van der Waals surface area (Å²) in [4.78, 5) is 10.4. The molecule has 0 amide bonds. The lowest BCUT2D eigenvalue weighted by Crippen LogP contribution is -2.37. The summed E-state index contributed by atoms with van der Waals surface area (Å²) in [6.45, 7) is 3.31. The van der Waals surface area contributed by atoms with E-state index in [2.05, 4.69) is 0 Å². The predicted octanol–water partition coefficient (Wildman–Crippen LogP) is 0.478. The van der Waals surface area contributed by atoms with Crippen molar-refractivity contribution in [3.8, 4) is 0 Å². The number of aliphatic carboxylic acids is 1. The van der Waals surface area contributed by atoms with Crippen LogP contribution in [0, 0.1) is 11.8 Å². The topological polar surface area (TPSA) is 57.5 Å². The first-order valence-electron chi connectivity index (χ1n) is 3.42. The van der Waals surface area contributed by atoms with Crippen LogP contribution in [0.5, 0.6) is 0 Å². The fraction of sp³-hybridized carbons (Fsp3) is 0.857. The SMILES string of the molecule is CC1CC1C(C)(O)C(=O)O. The standard InChI is InChI=1S/C7H12O3/c1-4-3-5(4)7(2,10)6(8)9/h4-5,10H,3H2,1-2H3,(H,8,9). The van der Waals surface area contributed by atoms with Crippen LogP contribution < -0.4 is 0 Å². The number of aliphatic hydroxyl groups is 1. The first-order valence-corrected chi connectivity index (χ1v) is 3.42. The summed E-state index contributed by atoms with van der Waals surface area (Å²) >= 11 is 0. The molecule has 1 rings (SSSR count). The Kier molecular flexibility index (Phi) is 1.47. The molecule has 0 aromatic heterocycles. The van der Waals surface area contributed by atoms with E-state index >= 15 is 0 Å². The molecule has 0 heterocycles. The highest BCUT2D eigenvalue weighted by Crippen LogP contribution is 2.45. The van der Waals surface area contributed by atoms with Crippen LogP contribution in [0.1, 0.15) is 20.3 Å². The molecule has 1 fully saturated rings. The largest absolute Gasteiger partial charge is 0.479 e. The van der Waals surface area contributed by atoms with Gasteiger partial charge in [-0.3, -0.25) is 0 Å². The van der Waals surface area contributed by atoms with E-state index in [1.165, 1.54) is 6.92 Å². The second-order valence-electron chi connectivity index (χ2n) is 3.27. The first-order chi connectivity index (χ1) is 4.46. The molecule has 1 saturated carbocycles. The van der Waals surface area contributed by atoms with E-state index in [9.17, 15) is 9.90 Å². The zero-order chi connectivity index (χ0) is 7.94. The molecular formula is C7H12O3. The molecule has 3 heteroatoms. The zero-order valence-electron chi connectivity index (χ0n) is 6.16. The van der Waals surface area contributed by atoms with Crippen LogP contribution in [0.3, 0.4) is 0 Å². The maximum Gasteiger partial charge on any atom is 0.335 e. The molecule has 1 aliphatic carbocycles. The van der Waals surface area contributed by atoms with Gasteiger partial charge in [-0.25, -0.2) is 4.79 Å². The first kappa shape index (κ1) is 7.54. The molecule has 10 heavy (non-hydrogen) atoms. The molecule has 0 aromatic carbocycles. The van der Waals surface area contributed by atoms with E-state index in [1.54, 1.807) is 0 Å². The minimum absolute atomic E-state index is 0.0370. The smallest absolute Gasteiger partial charge is 0.335 e. The van der Waals surface area contributed by atoms with E-state index < -0.39 is 11.6 Å². The highest BCUT2D eigenvalue weighted by Gasteiger charge is 2.51. The van der Waals surface area contributed by atoms with Crippen molar-refractivity contribution >= 4 is 5.97 Å². The van der Waals surface area contributed by atoms with Gasteiger partial charge in [0.25, 0.3) is 0 Å². The summed E-state index contributed by atoms with van der Waals surface area (Å²) < 4.78 is 0. The molecule has 2 N–H and O–H groups in total. The molecule has 0 bridgehead atoms. The van der Waals surface area contributed by atoms with Gasteiger partial charge in [0, 0.05) is 5.92 Å². The van der Waals surface area contributed by atoms with Gasteiger partial charge in [0.05, 0.1) is 0 Å². The second-order valence-corrected chi connectivity index (χ2v) is 3.27. The molecule has 3 atom stereocenters. The van der Waals surface area contributed by atoms with Gasteiger partial charge in [-0.2, -0.15) is 0 Å². The summed E-state index contributed by atoms with van der Waals surface area (Å²) in [6.07, 6.45) is 0.833. The summed E-state index contributed by atoms with van der Waals surface area (Å²) in [6, 6.07) is 0. The molecular weight excluding hydrogens is 132 g/mol. The number of carbonyl (C=O) groups is 1. The normalized spacial score (nSPS) is 36.7. The van der Waals surface area contributed by atoms with Crippen LogP contribution in [-0.2, 0) is 4.79 Å². The molecule has 3 nitrogen and oxygen atoms in total. The maximum atomic E-state index is 10.4. The predicted molar refractivity (Wildman–Crippen MR) is 35.5 cm³/mol. The number of carboxylic acids is 1. The fourth-order valence-electron chi connectivity index (χ4n) is 1.26. The van der Waals surface area contributed by atoms with Crippen molar-refractivity contribution in [2.45, 2.75) is 25.9 Å². The van der Waals surface area contributed by atoms with E-state index in [4.69, 9.17) is 5.11 Å². The monoisotopic (exact) mass is 144 g/mol. The Morgan fingerprint density at radius 1 is 1.70 bits per heavy atom. The Labute approximate surface area is 59.7 Å². The van der Waals surface area contributed by atoms with Crippen molar-refractivity contribution < 1.29 is 15.0 Å². The molecule has 0 radical (unpaired) electrons. The number of rotatable bonds is 2. The third-order valence-corrected chi connectivity index (χ3v) is 2.26. The van der Waals surface area contributed by atoms with Crippen molar-refractivity contribution in [3.05, 3.63) is 0 Å². The van der Waals surface area contributed by atoms with E-state index in [-0.39, 0.29) is 5.92 Å². The number of hydrogen-bond acceptors (Lipinski definition) is 2. The highest BCUT2D eigenvalue weighted by molar-refractivity contribution is 5.77. The molecule has 0 saturated heterocycles. The third-order valence-electron chi connectivity index (χ3n) is 2.26. The van der Waals surface area contributed by atoms with Crippen molar-refractivity contribution in [1.82, 2.24) is 0 Å². The lowest BCUT2D eigenvalue weighted by molar-refractivity contribution is -0.159. The van der Waals surface area contributed by atoms with E-state index in [1.807, 2.05) is 6.92 Å². The van der Waals surface area contributed by atoms with Crippen molar-refractivity contribution in [1.29, 1.82) is 0 Å². The summed E-state index contributed by atoms with van der Waals surface area (Å²) in [5.74, 6) is -0.780. The summed E-state index contributed by atoms with van der Waals surface area (Å²) in [5, 5.41) is 17.8. The van der Waals surface area contributed by atoms with Crippen molar-refractivity contribution in [2.75, 3.05) is 0 Å². The number of carboxylic acid groups (broad SMARTS) is 1. The molecule has 0 spiro atoms. The number of hydrogen-bond donors (Lipinski definition) is 2. The van der Waals surface area contributed by atoms with Crippen LogP contribution in [0.2, 0.25) is 0 Å². The lowest BCUT2D eigenvalue weighted by Gasteiger charge is -2.16. The molecule has 0 aromatic rings. The van der Waals surface area contributed by atoms with Gasteiger partial charge in [0.15, 0.2) is 5.60 Å². The summed E-state index contributed by atoms with van der Waals surface area (Å²) in [5.41, 5.74) is -1.50. The van der Waals surface area contributed by atoms with Crippen molar-refractivity contribution in [2.24, 2.45) is 11.8 Å². The van der Waals surface area contributed by atoms with Gasteiger partial charge < -0.3 is 10.2 Å². The van der Waals surface area contributed by atoms with Gasteiger partial charge in [-0.1, -0.05) is 6.92 Å². The van der Waals surface area contributed by atoms with Crippen LogP contribution in [0.15, 0.2) is 0 Å². The average Bonchev–Trinajstić information content (AvgIpc) is 2.46. The van der Waals surface area contributed by atoms with Crippen LogP contribution >= 0.6 is 0 Å². The Hall–Kier alpha value is -0.570. The molecule has 58 valence electrons. The molecule has 1 aliphatic rings. The Balaban J connectivity index is 2.60. The van der Waals surface area contributed by atoms with Crippen LogP contribution in [-0.4, -0.2) is 21.8 Å². The van der Waals surface area contributed by atoms with E-state index in [0.717, 1.165) is 6.42 Å². The average molecular weight is 144 g/mol. The lowest BCUT2D eigenvalue weighted by atomic mass is 10.00. The van der Waals surface area contributed by atoms with Gasteiger partial charge >= 0.3 is 5.97 Å². The maximum absolute atomic E-state index is 10.4.